The molecule has 26 heavy (non-hydrogen) atoms. The molecule has 2 aliphatic rings. The number of aliphatic imine (C=N–C) groups is 1. The van der Waals surface area contributed by atoms with Crippen molar-refractivity contribution in [3.63, 3.8) is 0 Å². The van der Waals surface area contributed by atoms with Gasteiger partial charge in [0.05, 0.1) is 5.69 Å². The molecule has 0 aromatic heterocycles. The molecule has 1 saturated carbocycles. The Labute approximate surface area is 165 Å². The quantitative estimate of drug-likeness (QED) is 0.515. The first-order valence-corrected chi connectivity index (χ1v) is 11.3. The standard InChI is InChI=1S/C23H25NS2/c1-17-11-13-20(14-12-17)24-23-19(16-25-21-8-3-2-4-9-21)15-18-7-5-6-10-22(18)26-23/h2-4,8-9,11-14,16,18,22H,5-7,10,15H2,1H3/b19-16+,24-23-. The van der Waals surface area contributed by atoms with E-state index in [2.05, 4.69) is 66.9 Å². The molecule has 1 aliphatic carbocycles. The van der Waals surface area contributed by atoms with E-state index in [0.29, 0.717) is 0 Å². The number of aryl methyl sites for hydroxylation is 1. The fourth-order valence-corrected chi connectivity index (χ4v) is 6.05. The SMILES string of the molecule is Cc1ccc(/N=C2\SC3CCCCC3C\C2=C/Sc2ccccc2)cc1. The van der Waals surface area contributed by atoms with Crippen molar-refractivity contribution in [2.45, 2.75) is 49.2 Å². The van der Waals surface area contributed by atoms with E-state index in [9.17, 15) is 0 Å². The van der Waals surface area contributed by atoms with Gasteiger partial charge in [0.25, 0.3) is 0 Å². The molecule has 2 unspecified atom stereocenters. The Morgan fingerprint density at radius 1 is 1.00 bits per heavy atom. The Hall–Kier alpha value is -1.45. The summed E-state index contributed by atoms with van der Waals surface area (Å²) < 4.78 is 0. The van der Waals surface area contributed by atoms with E-state index in [1.54, 1.807) is 0 Å². The van der Waals surface area contributed by atoms with Crippen molar-refractivity contribution >= 4 is 34.3 Å². The summed E-state index contributed by atoms with van der Waals surface area (Å²) in [4.78, 5) is 6.34. The fourth-order valence-electron chi connectivity index (χ4n) is 3.72. The first-order valence-electron chi connectivity index (χ1n) is 9.51. The molecule has 0 radical (unpaired) electrons. The zero-order valence-electron chi connectivity index (χ0n) is 15.2. The van der Waals surface area contributed by atoms with Crippen LogP contribution in [0.4, 0.5) is 5.69 Å². The lowest BCUT2D eigenvalue weighted by atomic mass is 9.84. The van der Waals surface area contributed by atoms with Crippen LogP contribution < -0.4 is 0 Å². The Bertz CT molecular complexity index is 793. The predicted molar refractivity (Wildman–Crippen MR) is 117 cm³/mol. The summed E-state index contributed by atoms with van der Waals surface area (Å²) in [5, 5.41) is 4.34. The van der Waals surface area contributed by atoms with Gasteiger partial charge in [-0.25, -0.2) is 4.99 Å². The van der Waals surface area contributed by atoms with Crippen LogP contribution in [0.3, 0.4) is 0 Å². The molecule has 0 spiro atoms. The Balaban J connectivity index is 1.61. The van der Waals surface area contributed by atoms with E-state index < -0.39 is 0 Å². The molecule has 134 valence electrons. The minimum Gasteiger partial charge on any atom is -0.242 e. The van der Waals surface area contributed by atoms with Gasteiger partial charge in [-0.1, -0.05) is 60.5 Å². The van der Waals surface area contributed by atoms with Crippen molar-refractivity contribution in [2.24, 2.45) is 10.9 Å². The van der Waals surface area contributed by atoms with Crippen LogP contribution in [0.5, 0.6) is 0 Å². The van der Waals surface area contributed by atoms with Crippen molar-refractivity contribution in [2.75, 3.05) is 0 Å². The van der Waals surface area contributed by atoms with Crippen molar-refractivity contribution < 1.29 is 0 Å². The molecule has 0 amide bonds. The van der Waals surface area contributed by atoms with Crippen LogP contribution in [0.25, 0.3) is 0 Å². The number of rotatable bonds is 3. The van der Waals surface area contributed by atoms with Crippen LogP contribution in [0, 0.1) is 12.8 Å². The molecule has 1 heterocycles. The molecule has 1 nitrogen and oxygen atoms in total. The number of nitrogens with zero attached hydrogens (tertiary/aromatic N) is 1. The van der Waals surface area contributed by atoms with Gasteiger partial charge in [-0.2, -0.15) is 0 Å². The smallest absolute Gasteiger partial charge is 0.101 e. The Morgan fingerprint density at radius 3 is 2.58 bits per heavy atom. The number of hydrogen-bond acceptors (Lipinski definition) is 3. The normalized spacial score (nSPS) is 26.0. The molecule has 4 rings (SSSR count). The highest BCUT2D eigenvalue weighted by atomic mass is 32.2. The van der Waals surface area contributed by atoms with E-state index in [4.69, 9.17) is 4.99 Å². The molecule has 2 fully saturated rings. The molecule has 2 aromatic rings. The average molecular weight is 380 g/mol. The maximum Gasteiger partial charge on any atom is 0.101 e. The summed E-state index contributed by atoms with van der Waals surface area (Å²) in [7, 11) is 0. The minimum absolute atomic E-state index is 0.756. The monoisotopic (exact) mass is 379 g/mol. The number of hydrogen-bond donors (Lipinski definition) is 0. The van der Waals surface area contributed by atoms with Crippen LogP contribution in [0.2, 0.25) is 0 Å². The molecule has 2 atom stereocenters. The summed E-state index contributed by atoms with van der Waals surface area (Å²) in [5.41, 5.74) is 3.78. The topological polar surface area (TPSA) is 12.4 Å². The summed E-state index contributed by atoms with van der Waals surface area (Å²) in [5.74, 6) is 0.827. The summed E-state index contributed by atoms with van der Waals surface area (Å²) in [6, 6.07) is 19.2. The molecular formula is C23H25NS2. The summed E-state index contributed by atoms with van der Waals surface area (Å²) >= 11 is 3.85. The second kappa shape index (κ2) is 8.49. The van der Waals surface area contributed by atoms with Gasteiger partial charge >= 0.3 is 0 Å². The Morgan fingerprint density at radius 2 is 1.77 bits per heavy atom. The first-order chi connectivity index (χ1) is 12.8. The third-order valence-electron chi connectivity index (χ3n) is 5.20. The van der Waals surface area contributed by atoms with Crippen LogP contribution in [0.15, 0.2) is 75.5 Å². The van der Waals surface area contributed by atoms with E-state index in [-0.39, 0.29) is 0 Å². The van der Waals surface area contributed by atoms with E-state index >= 15 is 0 Å². The van der Waals surface area contributed by atoms with Gasteiger partial charge in [-0.05, 0) is 67.4 Å². The number of fused-ring (bicyclic) bond motifs is 1. The average Bonchev–Trinajstić information content (AvgIpc) is 2.69. The maximum absolute atomic E-state index is 5.04. The van der Waals surface area contributed by atoms with Crippen LogP contribution >= 0.6 is 23.5 Å². The molecule has 0 bridgehead atoms. The van der Waals surface area contributed by atoms with Gasteiger partial charge in [0.2, 0.25) is 0 Å². The van der Waals surface area contributed by atoms with Crippen molar-refractivity contribution in [1.29, 1.82) is 0 Å². The minimum atomic E-state index is 0.756. The first kappa shape index (κ1) is 17.9. The van der Waals surface area contributed by atoms with Crippen LogP contribution in [-0.2, 0) is 0 Å². The molecule has 3 heteroatoms. The maximum atomic E-state index is 5.04. The second-order valence-corrected chi connectivity index (χ2v) is 9.40. The van der Waals surface area contributed by atoms with Gasteiger partial charge < -0.3 is 0 Å². The Kier molecular flexibility index (Phi) is 5.86. The van der Waals surface area contributed by atoms with Crippen LogP contribution in [0.1, 0.15) is 37.7 Å². The number of thioether (sulfide) groups is 2. The highest BCUT2D eigenvalue weighted by molar-refractivity contribution is 8.15. The van der Waals surface area contributed by atoms with Gasteiger partial charge in [0.1, 0.15) is 5.04 Å². The third kappa shape index (κ3) is 4.44. The van der Waals surface area contributed by atoms with E-state index in [0.717, 1.165) is 16.9 Å². The lowest BCUT2D eigenvalue weighted by Crippen LogP contribution is -2.29. The van der Waals surface area contributed by atoms with Gasteiger partial charge in [0.15, 0.2) is 0 Å². The number of benzene rings is 2. The van der Waals surface area contributed by atoms with Crippen molar-refractivity contribution in [3.05, 3.63) is 71.1 Å². The van der Waals surface area contributed by atoms with Crippen LogP contribution in [-0.4, -0.2) is 10.3 Å². The zero-order chi connectivity index (χ0) is 17.8. The summed E-state index contributed by atoms with van der Waals surface area (Å²) in [6.07, 6.45) is 6.68. The van der Waals surface area contributed by atoms with Gasteiger partial charge in [-0.15, -0.1) is 11.8 Å². The van der Waals surface area contributed by atoms with E-state index in [1.807, 2.05) is 23.5 Å². The van der Waals surface area contributed by atoms with Crippen molar-refractivity contribution in [3.8, 4) is 0 Å². The molecular weight excluding hydrogens is 354 g/mol. The lowest BCUT2D eigenvalue weighted by Gasteiger charge is -2.36. The van der Waals surface area contributed by atoms with E-state index in [1.165, 1.54) is 53.2 Å². The highest BCUT2D eigenvalue weighted by Gasteiger charge is 2.33. The van der Waals surface area contributed by atoms with Crippen molar-refractivity contribution in [1.82, 2.24) is 0 Å². The lowest BCUT2D eigenvalue weighted by molar-refractivity contribution is 0.369. The molecule has 1 saturated heterocycles. The zero-order valence-corrected chi connectivity index (χ0v) is 16.9. The fraction of sp³-hybridized carbons (Fsp3) is 0.348. The highest BCUT2D eigenvalue weighted by Crippen LogP contribution is 2.45. The summed E-state index contributed by atoms with van der Waals surface area (Å²) in [6.45, 7) is 2.13. The molecule has 0 N–H and O–H groups in total. The second-order valence-electron chi connectivity index (χ2n) is 7.23. The third-order valence-corrected chi connectivity index (χ3v) is 7.65. The molecule has 2 aromatic carbocycles. The van der Waals surface area contributed by atoms with Gasteiger partial charge in [-0.3, -0.25) is 0 Å². The van der Waals surface area contributed by atoms with Gasteiger partial charge in [0, 0.05) is 10.1 Å². The molecule has 1 aliphatic heterocycles. The largest absolute Gasteiger partial charge is 0.242 e. The predicted octanol–water partition coefficient (Wildman–Crippen LogP) is 7.40.